The second-order valence-electron chi connectivity index (χ2n) is 6.08. The molecule has 1 aromatic rings. The van der Waals surface area contributed by atoms with E-state index < -0.39 is 0 Å². The minimum Gasteiger partial charge on any atom is -0.353 e. The summed E-state index contributed by atoms with van der Waals surface area (Å²) in [7, 11) is 0. The van der Waals surface area contributed by atoms with E-state index in [9.17, 15) is 0 Å². The van der Waals surface area contributed by atoms with Gasteiger partial charge in [0.25, 0.3) is 0 Å². The molecule has 3 heteroatoms. The average molecular weight is 251 g/mol. The van der Waals surface area contributed by atoms with Gasteiger partial charge in [-0.1, -0.05) is 26.7 Å². The molecule has 0 aliphatic carbocycles. The molecular weight excluding hydrogens is 222 g/mol. The third-order valence-corrected chi connectivity index (χ3v) is 3.20. The van der Waals surface area contributed by atoms with Crippen molar-refractivity contribution in [3.8, 4) is 0 Å². The largest absolute Gasteiger partial charge is 0.353 e. The lowest BCUT2D eigenvalue weighted by Gasteiger charge is -2.18. The van der Waals surface area contributed by atoms with Gasteiger partial charge in [-0.25, -0.2) is 4.98 Å². The molecule has 18 heavy (non-hydrogen) atoms. The van der Waals surface area contributed by atoms with Crippen LogP contribution in [0.1, 0.15) is 65.6 Å². The van der Waals surface area contributed by atoms with Crippen LogP contribution < -0.4 is 5.32 Å². The molecule has 3 nitrogen and oxygen atoms in total. The van der Waals surface area contributed by atoms with Gasteiger partial charge >= 0.3 is 0 Å². The highest BCUT2D eigenvalue weighted by Gasteiger charge is 2.11. The Labute approximate surface area is 112 Å². The topological polar surface area (TPSA) is 29.9 Å². The fourth-order valence-electron chi connectivity index (χ4n) is 2.14. The molecule has 1 N–H and O–H groups in total. The Hall–Kier alpha value is -0.990. The molecule has 0 aliphatic rings. The van der Waals surface area contributed by atoms with Crippen LogP contribution in [0.25, 0.3) is 0 Å². The third kappa shape index (κ3) is 4.71. The molecule has 1 rings (SSSR count). The van der Waals surface area contributed by atoms with E-state index in [0.717, 1.165) is 17.6 Å². The molecular formula is C15H29N3. The van der Waals surface area contributed by atoms with Crippen molar-refractivity contribution in [3.63, 3.8) is 0 Å². The lowest BCUT2D eigenvalue weighted by molar-refractivity contribution is 0.516. The predicted octanol–water partition coefficient (Wildman–Crippen LogP) is 4.40. The van der Waals surface area contributed by atoms with Crippen molar-refractivity contribution in [2.75, 3.05) is 5.32 Å². The van der Waals surface area contributed by atoms with E-state index in [-0.39, 0.29) is 0 Å². The lowest BCUT2D eigenvalue weighted by Crippen LogP contribution is -2.19. The quantitative estimate of drug-likeness (QED) is 0.778. The summed E-state index contributed by atoms with van der Waals surface area (Å²) < 4.78 is 2.22. The zero-order valence-corrected chi connectivity index (χ0v) is 12.8. The molecule has 0 aromatic carbocycles. The highest BCUT2D eigenvalue weighted by molar-refractivity contribution is 5.30. The van der Waals surface area contributed by atoms with Gasteiger partial charge in [-0.3, -0.25) is 0 Å². The van der Waals surface area contributed by atoms with Crippen molar-refractivity contribution in [3.05, 3.63) is 11.9 Å². The standard InChI is InChI=1S/C15H29N3/c1-11(2)8-7-9-13(5)16-15-17-14(6)10-18(15)12(3)4/h10-13H,7-9H2,1-6H3,(H,16,17). The monoisotopic (exact) mass is 251 g/mol. The van der Waals surface area contributed by atoms with Crippen LogP contribution in [0.2, 0.25) is 0 Å². The Kier molecular flexibility index (Phi) is 5.70. The van der Waals surface area contributed by atoms with Gasteiger partial charge in [0.15, 0.2) is 0 Å². The van der Waals surface area contributed by atoms with Crippen molar-refractivity contribution in [2.24, 2.45) is 5.92 Å². The molecule has 0 bridgehead atoms. The van der Waals surface area contributed by atoms with E-state index >= 15 is 0 Å². The smallest absolute Gasteiger partial charge is 0.203 e. The molecule has 0 amide bonds. The highest BCUT2D eigenvalue weighted by Crippen LogP contribution is 2.17. The van der Waals surface area contributed by atoms with Crippen molar-refractivity contribution >= 4 is 5.95 Å². The summed E-state index contributed by atoms with van der Waals surface area (Å²) in [6, 6.07) is 0.944. The van der Waals surface area contributed by atoms with Crippen LogP contribution in [-0.2, 0) is 0 Å². The van der Waals surface area contributed by atoms with Crippen LogP contribution >= 0.6 is 0 Å². The normalized spacial score (nSPS) is 13.3. The van der Waals surface area contributed by atoms with Crippen LogP contribution in [0.5, 0.6) is 0 Å². The van der Waals surface area contributed by atoms with Crippen molar-refractivity contribution in [1.82, 2.24) is 9.55 Å². The van der Waals surface area contributed by atoms with Crippen molar-refractivity contribution < 1.29 is 0 Å². The predicted molar refractivity (Wildman–Crippen MR) is 79.1 cm³/mol. The second kappa shape index (κ2) is 6.81. The fourth-order valence-corrected chi connectivity index (χ4v) is 2.14. The zero-order chi connectivity index (χ0) is 13.7. The number of hydrogen-bond acceptors (Lipinski definition) is 2. The minimum absolute atomic E-state index is 0.455. The maximum Gasteiger partial charge on any atom is 0.203 e. The van der Waals surface area contributed by atoms with Gasteiger partial charge in [0, 0.05) is 18.3 Å². The first-order chi connectivity index (χ1) is 8.40. The van der Waals surface area contributed by atoms with Crippen molar-refractivity contribution in [2.45, 2.75) is 72.9 Å². The van der Waals surface area contributed by atoms with Crippen LogP contribution in [0.3, 0.4) is 0 Å². The Bertz CT molecular complexity index is 353. The number of anilines is 1. The molecule has 0 saturated carbocycles. The van der Waals surface area contributed by atoms with Gasteiger partial charge in [-0.2, -0.15) is 0 Å². The van der Waals surface area contributed by atoms with E-state index in [1.807, 2.05) is 6.92 Å². The molecule has 1 aromatic heterocycles. The first-order valence-corrected chi connectivity index (χ1v) is 7.22. The van der Waals surface area contributed by atoms with Crippen LogP contribution in [-0.4, -0.2) is 15.6 Å². The van der Waals surface area contributed by atoms with Gasteiger partial charge in [-0.05, 0) is 40.0 Å². The Morgan fingerprint density at radius 1 is 1.17 bits per heavy atom. The number of nitrogens with one attached hydrogen (secondary N) is 1. The van der Waals surface area contributed by atoms with E-state index in [2.05, 4.69) is 55.7 Å². The van der Waals surface area contributed by atoms with Crippen LogP contribution in [0.4, 0.5) is 5.95 Å². The molecule has 0 spiro atoms. The highest BCUT2D eigenvalue weighted by atomic mass is 15.2. The number of rotatable bonds is 7. The van der Waals surface area contributed by atoms with Gasteiger partial charge in [0.1, 0.15) is 0 Å². The van der Waals surface area contributed by atoms with Gasteiger partial charge in [0.05, 0.1) is 5.69 Å². The summed E-state index contributed by atoms with van der Waals surface area (Å²) in [6.07, 6.45) is 5.92. The SMILES string of the molecule is Cc1cn(C(C)C)c(NC(C)CCCC(C)C)n1. The zero-order valence-electron chi connectivity index (χ0n) is 12.8. The Balaban J connectivity index is 2.50. The summed E-state index contributed by atoms with van der Waals surface area (Å²) in [5.41, 5.74) is 1.08. The Morgan fingerprint density at radius 2 is 1.83 bits per heavy atom. The fraction of sp³-hybridized carbons (Fsp3) is 0.800. The average Bonchev–Trinajstić information content (AvgIpc) is 2.58. The van der Waals surface area contributed by atoms with E-state index in [4.69, 9.17) is 0 Å². The molecule has 1 atom stereocenters. The first-order valence-electron chi connectivity index (χ1n) is 7.22. The minimum atomic E-state index is 0.455. The summed E-state index contributed by atoms with van der Waals surface area (Å²) in [5.74, 6) is 1.82. The maximum absolute atomic E-state index is 4.57. The van der Waals surface area contributed by atoms with E-state index in [0.29, 0.717) is 12.1 Å². The number of hydrogen-bond donors (Lipinski definition) is 1. The molecule has 1 heterocycles. The number of imidazole rings is 1. The lowest BCUT2D eigenvalue weighted by atomic mass is 10.0. The molecule has 0 radical (unpaired) electrons. The van der Waals surface area contributed by atoms with Gasteiger partial charge in [-0.15, -0.1) is 0 Å². The summed E-state index contributed by atoms with van der Waals surface area (Å²) in [4.78, 5) is 4.57. The number of aromatic nitrogens is 2. The molecule has 0 aliphatic heterocycles. The first kappa shape index (κ1) is 15.1. The Morgan fingerprint density at radius 3 is 2.39 bits per heavy atom. The van der Waals surface area contributed by atoms with Gasteiger partial charge in [0.2, 0.25) is 5.95 Å². The van der Waals surface area contributed by atoms with Crippen molar-refractivity contribution in [1.29, 1.82) is 0 Å². The van der Waals surface area contributed by atoms with Gasteiger partial charge < -0.3 is 9.88 Å². The molecule has 1 unspecified atom stereocenters. The summed E-state index contributed by atoms with van der Waals surface area (Å²) in [6.45, 7) is 13.2. The van der Waals surface area contributed by atoms with Crippen LogP contribution in [0, 0.1) is 12.8 Å². The van der Waals surface area contributed by atoms with Crippen LogP contribution in [0.15, 0.2) is 6.20 Å². The third-order valence-electron chi connectivity index (χ3n) is 3.20. The summed E-state index contributed by atoms with van der Waals surface area (Å²) >= 11 is 0. The molecule has 0 saturated heterocycles. The second-order valence-corrected chi connectivity index (χ2v) is 6.08. The summed E-state index contributed by atoms with van der Waals surface area (Å²) in [5, 5.41) is 3.54. The van der Waals surface area contributed by atoms with E-state index in [1.165, 1.54) is 19.3 Å². The molecule has 104 valence electrons. The molecule has 0 fully saturated rings. The number of nitrogens with zero attached hydrogens (tertiary/aromatic N) is 2. The van der Waals surface area contributed by atoms with E-state index in [1.54, 1.807) is 0 Å². The maximum atomic E-state index is 4.57. The number of aryl methyl sites for hydroxylation is 1.